The van der Waals surface area contributed by atoms with Crippen LogP contribution in [0, 0.1) is 0 Å². The normalized spacial score (nSPS) is 19.6. The van der Waals surface area contributed by atoms with E-state index >= 15 is 0 Å². The lowest BCUT2D eigenvalue weighted by Gasteiger charge is -2.22. The fourth-order valence-corrected chi connectivity index (χ4v) is 2.22. The summed E-state index contributed by atoms with van der Waals surface area (Å²) in [5.74, 6) is 0. The molecule has 2 rings (SSSR count). The summed E-state index contributed by atoms with van der Waals surface area (Å²) >= 11 is 0. The lowest BCUT2D eigenvalue weighted by molar-refractivity contribution is -0.871. The van der Waals surface area contributed by atoms with Crippen molar-refractivity contribution in [1.82, 2.24) is 9.88 Å². The summed E-state index contributed by atoms with van der Waals surface area (Å²) in [6.07, 6.45) is 6.41. The first-order valence-corrected chi connectivity index (χ1v) is 7.11. The Labute approximate surface area is 122 Å². The molecule has 5 heteroatoms. The van der Waals surface area contributed by atoms with E-state index in [2.05, 4.69) is 27.9 Å². The van der Waals surface area contributed by atoms with Crippen molar-refractivity contribution in [2.75, 3.05) is 47.9 Å². The third-order valence-electron chi connectivity index (χ3n) is 3.44. The van der Waals surface area contributed by atoms with Crippen molar-refractivity contribution in [2.24, 2.45) is 0 Å². The van der Waals surface area contributed by atoms with Crippen LogP contribution in [-0.2, 0) is 4.89 Å². The first kappa shape index (κ1) is 17.0. The lowest BCUT2D eigenvalue weighted by Crippen LogP contribution is -2.37. The largest absolute Gasteiger partial charge is 0.329 e. The Morgan fingerprint density at radius 2 is 2.20 bits per heavy atom. The molecule has 1 saturated heterocycles. The molecular weight excluding hydrogens is 254 g/mol. The lowest BCUT2D eigenvalue weighted by atomic mass is 10.1. The quantitative estimate of drug-likeness (QED) is 0.521. The van der Waals surface area contributed by atoms with Gasteiger partial charge in [-0.1, -0.05) is 6.07 Å². The molecule has 1 aliphatic rings. The average Bonchev–Trinajstić information content (AvgIpc) is 2.84. The van der Waals surface area contributed by atoms with Gasteiger partial charge < -0.3 is 4.48 Å². The van der Waals surface area contributed by atoms with E-state index in [1.807, 2.05) is 39.6 Å². The van der Waals surface area contributed by atoms with E-state index in [9.17, 15) is 0 Å². The molecule has 1 N–H and O–H groups in total. The average molecular weight is 282 g/mol. The van der Waals surface area contributed by atoms with Crippen molar-refractivity contribution in [3.63, 3.8) is 0 Å². The van der Waals surface area contributed by atoms with Crippen molar-refractivity contribution in [3.05, 3.63) is 30.1 Å². The first-order valence-electron chi connectivity index (χ1n) is 7.11. The Balaban J connectivity index is 0.000000221. The van der Waals surface area contributed by atoms with Gasteiger partial charge in [-0.15, -0.1) is 0 Å². The van der Waals surface area contributed by atoms with E-state index in [0.717, 1.165) is 11.0 Å². The monoisotopic (exact) mass is 282 g/mol. The first-order chi connectivity index (χ1) is 9.44. The van der Waals surface area contributed by atoms with Crippen LogP contribution in [0.4, 0.5) is 0 Å². The Kier molecular flexibility index (Phi) is 7.09. The van der Waals surface area contributed by atoms with Gasteiger partial charge >= 0.3 is 0 Å². The van der Waals surface area contributed by atoms with Gasteiger partial charge in [-0.05, 0) is 38.1 Å². The molecule has 0 bridgehead atoms. The highest BCUT2D eigenvalue weighted by atomic mass is 17.1. The Morgan fingerprint density at radius 3 is 2.60 bits per heavy atom. The van der Waals surface area contributed by atoms with Crippen LogP contribution in [0.5, 0.6) is 0 Å². The Morgan fingerprint density at radius 1 is 1.45 bits per heavy atom. The summed E-state index contributed by atoms with van der Waals surface area (Å²) in [7, 11) is 8.31. The van der Waals surface area contributed by atoms with Crippen molar-refractivity contribution in [1.29, 1.82) is 0 Å². The molecule has 1 atom stereocenters. The zero-order valence-corrected chi connectivity index (χ0v) is 13.1. The summed E-state index contributed by atoms with van der Waals surface area (Å²) in [6.45, 7) is 2.46. The predicted octanol–water partition coefficient (Wildman–Crippen LogP) is 2.03. The number of hydrogen-bond acceptors (Lipinski definition) is 4. The molecule has 0 aliphatic carbocycles. The van der Waals surface area contributed by atoms with E-state index in [1.165, 1.54) is 24.9 Å². The van der Waals surface area contributed by atoms with Crippen LogP contribution in [-0.4, -0.2) is 67.5 Å². The van der Waals surface area contributed by atoms with Gasteiger partial charge in [0, 0.05) is 18.4 Å². The number of quaternary nitrogens is 1. The molecule has 0 amide bonds. The number of rotatable bonds is 4. The van der Waals surface area contributed by atoms with Crippen LogP contribution in [0.25, 0.3) is 0 Å². The Bertz CT molecular complexity index is 365. The van der Waals surface area contributed by atoms with Crippen LogP contribution < -0.4 is 0 Å². The van der Waals surface area contributed by atoms with Gasteiger partial charge in [0.2, 0.25) is 0 Å². The maximum Gasteiger partial charge on any atom is 0.131 e. The highest BCUT2D eigenvalue weighted by Crippen LogP contribution is 2.29. The van der Waals surface area contributed by atoms with E-state index < -0.39 is 0 Å². The van der Waals surface area contributed by atoms with Crippen LogP contribution in [0.15, 0.2) is 24.5 Å². The maximum absolute atomic E-state index is 7.92. The predicted molar refractivity (Wildman–Crippen MR) is 80.3 cm³/mol. The standard InChI is InChI=1S/C10H14N2.C5H13NO2/c1-12-7-3-5-10(12)9-4-2-6-11-8-9;1-6(2,3)4-5-8-7/h2,4,6,8,10H,3,5,7H2,1H3;4-5H2,1-3H3/p+1. The minimum Gasteiger partial charge on any atom is -0.329 e. The van der Waals surface area contributed by atoms with Crippen molar-refractivity contribution in [2.45, 2.75) is 18.9 Å². The summed E-state index contributed by atoms with van der Waals surface area (Å²) < 4.78 is 0.820. The zero-order chi connectivity index (χ0) is 15.0. The number of nitrogens with zero attached hydrogens (tertiary/aromatic N) is 3. The number of likely N-dealkylation sites (N-methyl/N-ethyl adjacent to an activating group) is 1. The van der Waals surface area contributed by atoms with Crippen LogP contribution in [0.2, 0.25) is 0 Å². The summed E-state index contributed by atoms with van der Waals surface area (Å²) in [6, 6.07) is 4.79. The molecule has 1 unspecified atom stereocenters. The van der Waals surface area contributed by atoms with Gasteiger partial charge in [0.05, 0.1) is 21.1 Å². The molecule has 0 saturated carbocycles. The number of likely N-dealkylation sites (tertiary alicyclic amines) is 1. The summed E-state index contributed by atoms with van der Waals surface area (Å²) in [5.41, 5.74) is 1.36. The fourth-order valence-electron chi connectivity index (χ4n) is 2.22. The second kappa shape index (κ2) is 8.32. The highest BCUT2D eigenvalue weighted by Gasteiger charge is 2.21. The van der Waals surface area contributed by atoms with Gasteiger partial charge in [-0.2, -0.15) is 0 Å². The molecule has 0 spiro atoms. The molecule has 1 aromatic heterocycles. The van der Waals surface area contributed by atoms with Crippen molar-refractivity contribution >= 4 is 0 Å². The molecule has 0 aromatic carbocycles. The topological polar surface area (TPSA) is 45.6 Å². The van der Waals surface area contributed by atoms with Crippen LogP contribution in [0.1, 0.15) is 24.4 Å². The second-order valence-electron chi connectivity index (χ2n) is 6.27. The van der Waals surface area contributed by atoms with Crippen molar-refractivity contribution < 1.29 is 14.6 Å². The van der Waals surface area contributed by atoms with E-state index in [1.54, 1.807) is 0 Å². The van der Waals surface area contributed by atoms with Crippen LogP contribution in [0.3, 0.4) is 0 Å². The van der Waals surface area contributed by atoms with E-state index in [-0.39, 0.29) is 0 Å². The minimum atomic E-state index is 0.406. The van der Waals surface area contributed by atoms with Gasteiger partial charge in [0.15, 0.2) is 0 Å². The molecule has 5 nitrogen and oxygen atoms in total. The van der Waals surface area contributed by atoms with Gasteiger partial charge in [0.25, 0.3) is 0 Å². The number of aromatic nitrogens is 1. The molecule has 1 fully saturated rings. The van der Waals surface area contributed by atoms with Crippen molar-refractivity contribution in [3.8, 4) is 0 Å². The number of hydrogen-bond donors (Lipinski definition) is 1. The van der Waals surface area contributed by atoms with Gasteiger partial charge in [-0.3, -0.25) is 15.1 Å². The molecule has 1 aromatic rings. The molecule has 1 aliphatic heterocycles. The SMILES string of the molecule is CN1CCCC1c1cccnc1.C[N+](C)(C)CCOO. The number of pyridine rings is 1. The third kappa shape index (κ3) is 6.43. The highest BCUT2D eigenvalue weighted by molar-refractivity contribution is 5.14. The smallest absolute Gasteiger partial charge is 0.131 e. The molecule has 20 heavy (non-hydrogen) atoms. The van der Waals surface area contributed by atoms with Gasteiger partial charge in [-0.25, -0.2) is 4.89 Å². The Hall–Kier alpha value is -1.01. The molecule has 0 radical (unpaired) electrons. The summed E-state index contributed by atoms with van der Waals surface area (Å²) in [4.78, 5) is 10.4. The van der Waals surface area contributed by atoms with E-state index in [0.29, 0.717) is 12.6 Å². The third-order valence-corrected chi connectivity index (χ3v) is 3.44. The minimum absolute atomic E-state index is 0.406. The van der Waals surface area contributed by atoms with Crippen LogP contribution >= 0.6 is 0 Å². The maximum atomic E-state index is 7.92. The van der Waals surface area contributed by atoms with Gasteiger partial charge in [0.1, 0.15) is 13.2 Å². The molecular formula is C15H28N3O2+. The fraction of sp³-hybridized carbons (Fsp3) is 0.667. The van der Waals surface area contributed by atoms with E-state index in [4.69, 9.17) is 5.26 Å². The summed E-state index contributed by atoms with van der Waals surface area (Å²) in [5, 5.41) is 7.92. The second-order valence-corrected chi connectivity index (χ2v) is 6.27. The molecule has 114 valence electrons. The molecule has 2 heterocycles. The zero-order valence-electron chi connectivity index (χ0n) is 13.1.